The van der Waals surface area contributed by atoms with Gasteiger partial charge < -0.3 is 4.98 Å². The number of allylic oxidation sites excluding steroid dienone is 2. The van der Waals surface area contributed by atoms with Crippen LogP contribution in [0.2, 0.25) is 0 Å². The number of aromatic amines is 1. The quantitative estimate of drug-likeness (QED) is 0.606. The zero-order valence-electron chi connectivity index (χ0n) is 14.9. The Morgan fingerprint density at radius 3 is 2.75 bits per heavy atom. The molecule has 0 aliphatic heterocycles. The van der Waals surface area contributed by atoms with Crippen molar-refractivity contribution >= 4 is 16.6 Å². The molecule has 2 nitrogen and oxygen atoms in total. The van der Waals surface area contributed by atoms with Crippen LogP contribution >= 0.6 is 0 Å². The molecule has 0 bridgehead atoms. The molecular formula is C22H26N2. The number of nitrogens with one attached hydrogen (secondary N) is 1. The minimum Gasteiger partial charge on any atom is -0.342 e. The van der Waals surface area contributed by atoms with Gasteiger partial charge in [0.15, 0.2) is 0 Å². The first-order valence-corrected chi connectivity index (χ1v) is 8.90. The first-order valence-electron chi connectivity index (χ1n) is 8.90. The Kier molecular flexibility index (Phi) is 5.14. The molecule has 1 aromatic heterocycles. The third kappa shape index (κ3) is 3.59. The van der Waals surface area contributed by atoms with Gasteiger partial charge in [-0.3, -0.25) is 0 Å². The molecule has 3 aromatic rings. The average molecular weight is 318 g/mol. The highest BCUT2D eigenvalue weighted by molar-refractivity contribution is 5.77. The SMILES string of the molecule is C/C=C(/Cc1nc2ccc(CCCC)cc2[nH]1)c1ccccc1C. The summed E-state index contributed by atoms with van der Waals surface area (Å²) in [4.78, 5) is 8.30. The summed E-state index contributed by atoms with van der Waals surface area (Å²) in [6.45, 7) is 6.50. The highest BCUT2D eigenvalue weighted by Gasteiger charge is 2.09. The molecule has 0 spiro atoms. The van der Waals surface area contributed by atoms with Crippen molar-refractivity contribution in [1.82, 2.24) is 9.97 Å². The first-order chi connectivity index (χ1) is 11.7. The molecule has 0 radical (unpaired) electrons. The largest absolute Gasteiger partial charge is 0.342 e. The topological polar surface area (TPSA) is 28.7 Å². The van der Waals surface area contributed by atoms with Gasteiger partial charge in [0.05, 0.1) is 11.0 Å². The first kappa shape index (κ1) is 16.5. The van der Waals surface area contributed by atoms with Gasteiger partial charge in [-0.25, -0.2) is 4.98 Å². The molecular weight excluding hydrogens is 292 g/mol. The van der Waals surface area contributed by atoms with Crippen molar-refractivity contribution in [3.05, 3.63) is 71.1 Å². The third-order valence-electron chi connectivity index (χ3n) is 4.61. The van der Waals surface area contributed by atoms with Gasteiger partial charge in [-0.05, 0) is 61.1 Å². The number of aryl methyl sites for hydroxylation is 2. The van der Waals surface area contributed by atoms with Gasteiger partial charge in [-0.1, -0.05) is 49.8 Å². The molecule has 0 aliphatic rings. The minimum absolute atomic E-state index is 0.834. The maximum Gasteiger partial charge on any atom is 0.111 e. The fraction of sp³-hybridized carbons (Fsp3) is 0.318. The second-order valence-electron chi connectivity index (χ2n) is 6.44. The predicted octanol–water partition coefficient (Wildman–Crippen LogP) is 5.86. The molecule has 124 valence electrons. The minimum atomic E-state index is 0.834. The van der Waals surface area contributed by atoms with Gasteiger partial charge in [-0.15, -0.1) is 0 Å². The Morgan fingerprint density at radius 1 is 1.17 bits per heavy atom. The van der Waals surface area contributed by atoms with E-state index in [0.717, 1.165) is 29.7 Å². The molecule has 0 fully saturated rings. The van der Waals surface area contributed by atoms with E-state index in [4.69, 9.17) is 4.98 Å². The zero-order chi connectivity index (χ0) is 16.9. The van der Waals surface area contributed by atoms with Gasteiger partial charge in [0.2, 0.25) is 0 Å². The van der Waals surface area contributed by atoms with Gasteiger partial charge in [0.25, 0.3) is 0 Å². The van der Waals surface area contributed by atoms with Gasteiger partial charge in [0, 0.05) is 6.42 Å². The Morgan fingerprint density at radius 2 is 2.00 bits per heavy atom. The van der Waals surface area contributed by atoms with Crippen LogP contribution in [0.1, 0.15) is 49.2 Å². The van der Waals surface area contributed by atoms with Crippen LogP contribution in [-0.4, -0.2) is 9.97 Å². The molecule has 2 aromatic carbocycles. The van der Waals surface area contributed by atoms with E-state index in [1.54, 1.807) is 0 Å². The summed E-state index contributed by atoms with van der Waals surface area (Å²) in [5, 5.41) is 0. The molecule has 2 heteroatoms. The Hall–Kier alpha value is -2.35. The fourth-order valence-corrected chi connectivity index (χ4v) is 3.20. The second-order valence-corrected chi connectivity index (χ2v) is 6.44. The molecule has 0 saturated heterocycles. The second kappa shape index (κ2) is 7.48. The number of benzene rings is 2. The number of H-pyrrole nitrogens is 1. The smallest absolute Gasteiger partial charge is 0.111 e. The van der Waals surface area contributed by atoms with E-state index in [2.05, 4.69) is 74.3 Å². The molecule has 24 heavy (non-hydrogen) atoms. The molecule has 0 atom stereocenters. The molecule has 1 heterocycles. The Bertz CT molecular complexity index is 855. The molecule has 0 unspecified atom stereocenters. The lowest BCUT2D eigenvalue weighted by Gasteiger charge is -2.08. The zero-order valence-corrected chi connectivity index (χ0v) is 14.9. The molecule has 0 saturated carbocycles. The summed E-state index contributed by atoms with van der Waals surface area (Å²) >= 11 is 0. The van der Waals surface area contributed by atoms with E-state index in [9.17, 15) is 0 Å². The van der Waals surface area contributed by atoms with Crippen molar-refractivity contribution in [2.75, 3.05) is 0 Å². The van der Waals surface area contributed by atoms with Crippen molar-refractivity contribution in [2.45, 2.75) is 46.5 Å². The number of hydrogen-bond acceptors (Lipinski definition) is 1. The summed E-state index contributed by atoms with van der Waals surface area (Å²) in [5.41, 5.74) is 7.54. The van der Waals surface area contributed by atoms with E-state index >= 15 is 0 Å². The van der Waals surface area contributed by atoms with Crippen molar-refractivity contribution in [3.8, 4) is 0 Å². The van der Waals surface area contributed by atoms with Crippen molar-refractivity contribution in [2.24, 2.45) is 0 Å². The van der Waals surface area contributed by atoms with Crippen LogP contribution in [0.4, 0.5) is 0 Å². The average Bonchev–Trinajstić information content (AvgIpc) is 3.00. The standard InChI is InChI=1S/C22H26N2/c1-4-6-10-17-12-13-20-21(14-17)24-22(23-20)15-18(5-2)19-11-8-7-9-16(19)3/h5,7-9,11-14H,4,6,10,15H2,1-3H3,(H,23,24)/b18-5-. The van der Waals surface area contributed by atoms with Crippen LogP contribution in [-0.2, 0) is 12.8 Å². The highest BCUT2D eigenvalue weighted by Crippen LogP contribution is 2.23. The molecule has 0 aliphatic carbocycles. The van der Waals surface area contributed by atoms with Gasteiger partial charge in [0.1, 0.15) is 5.82 Å². The summed E-state index contributed by atoms with van der Waals surface area (Å²) in [5.74, 6) is 1.04. The van der Waals surface area contributed by atoms with Crippen molar-refractivity contribution < 1.29 is 0 Å². The number of fused-ring (bicyclic) bond motifs is 1. The third-order valence-corrected chi connectivity index (χ3v) is 4.61. The van der Waals surface area contributed by atoms with Crippen molar-refractivity contribution in [1.29, 1.82) is 0 Å². The van der Waals surface area contributed by atoms with Crippen LogP contribution in [0.25, 0.3) is 16.6 Å². The van der Waals surface area contributed by atoms with Crippen LogP contribution in [0.3, 0.4) is 0 Å². The molecule has 1 N–H and O–H groups in total. The normalized spacial score (nSPS) is 12.0. The lowest BCUT2D eigenvalue weighted by molar-refractivity contribution is 0.796. The maximum atomic E-state index is 4.78. The lowest BCUT2D eigenvalue weighted by atomic mass is 9.98. The van der Waals surface area contributed by atoms with E-state index in [1.165, 1.54) is 35.1 Å². The Labute approximate surface area is 144 Å². The summed E-state index contributed by atoms with van der Waals surface area (Å²) in [7, 11) is 0. The monoisotopic (exact) mass is 318 g/mol. The number of aromatic nitrogens is 2. The van der Waals surface area contributed by atoms with Gasteiger partial charge >= 0.3 is 0 Å². The summed E-state index contributed by atoms with van der Waals surface area (Å²) < 4.78 is 0. The van der Waals surface area contributed by atoms with Crippen LogP contribution in [0, 0.1) is 6.92 Å². The van der Waals surface area contributed by atoms with Gasteiger partial charge in [-0.2, -0.15) is 0 Å². The van der Waals surface area contributed by atoms with E-state index in [-0.39, 0.29) is 0 Å². The predicted molar refractivity (Wildman–Crippen MR) is 103 cm³/mol. The Balaban J connectivity index is 1.85. The highest BCUT2D eigenvalue weighted by atomic mass is 14.9. The molecule has 0 amide bonds. The van der Waals surface area contributed by atoms with Crippen molar-refractivity contribution in [3.63, 3.8) is 0 Å². The summed E-state index contributed by atoms with van der Waals surface area (Å²) in [6.07, 6.45) is 6.64. The molecule has 3 rings (SSSR count). The summed E-state index contributed by atoms with van der Waals surface area (Å²) in [6, 6.07) is 15.2. The maximum absolute atomic E-state index is 4.78. The van der Waals surface area contributed by atoms with Crippen LogP contribution in [0.5, 0.6) is 0 Å². The number of hydrogen-bond donors (Lipinski definition) is 1. The van der Waals surface area contributed by atoms with E-state index in [0.29, 0.717) is 0 Å². The number of rotatable bonds is 6. The van der Waals surface area contributed by atoms with E-state index in [1.807, 2.05) is 0 Å². The fourth-order valence-electron chi connectivity index (χ4n) is 3.20. The van der Waals surface area contributed by atoms with Crippen LogP contribution < -0.4 is 0 Å². The number of nitrogens with zero attached hydrogens (tertiary/aromatic N) is 1. The van der Waals surface area contributed by atoms with E-state index < -0.39 is 0 Å². The number of unbranched alkanes of at least 4 members (excludes halogenated alkanes) is 1. The number of imidazole rings is 1. The lowest BCUT2D eigenvalue weighted by Crippen LogP contribution is -1.95. The van der Waals surface area contributed by atoms with Crippen LogP contribution in [0.15, 0.2) is 48.5 Å².